The van der Waals surface area contributed by atoms with E-state index in [1.54, 1.807) is 6.92 Å². The molecule has 1 aromatic rings. The number of nitro groups is 1. The molecule has 0 saturated heterocycles. The van der Waals surface area contributed by atoms with E-state index in [0.717, 1.165) is 0 Å². The van der Waals surface area contributed by atoms with E-state index in [4.69, 9.17) is 0 Å². The molecule has 1 heterocycles. The number of hydrogen-bond donors (Lipinski definition) is 1. The van der Waals surface area contributed by atoms with Gasteiger partial charge in [0.1, 0.15) is 5.69 Å². The standard InChI is InChI=1S/C9H11F3N4O3/c1-3-13-8-14-5(2)6(16(17)18)7(15-8)19-4-9(10,11)12/h3-4H2,1-2H3,(H,13,14,15). The minimum atomic E-state index is -4.61. The van der Waals surface area contributed by atoms with Gasteiger partial charge in [-0.05, 0) is 13.8 Å². The van der Waals surface area contributed by atoms with Gasteiger partial charge in [-0.15, -0.1) is 0 Å². The Balaban J connectivity index is 3.13. The van der Waals surface area contributed by atoms with Crippen molar-refractivity contribution < 1.29 is 22.8 Å². The molecule has 106 valence electrons. The molecule has 0 radical (unpaired) electrons. The maximum absolute atomic E-state index is 12.1. The first-order chi connectivity index (χ1) is 8.74. The van der Waals surface area contributed by atoms with Gasteiger partial charge in [-0.3, -0.25) is 10.1 Å². The van der Waals surface area contributed by atoms with E-state index in [1.807, 2.05) is 0 Å². The molecule has 1 aromatic heterocycles. The van der Waals surface area contributed by atoms with Crippen molar-refractivity contribution in [2.45, 2.75) is 20.0 Å². The van der Waals surface area contributed by atoms with Crippen LogP contribution in [-0.4, -0.2) is 34.2 Å². The predicted molar refractivity (Wildman–Crippen MR) is 59.1 cm³/mol. The topological polar surface area (TPSA) is 90.2 Å². The van der Waals surface area contributed by atoms with Gasteiger partial charge in [-0.25, -0.2) is 4.98 Å². The van der Waals surface area contributed by atoms with E-state index >= 15 is 0 Å². The summed E-state index contributed by atoms with van der Waals surface area (Å²) in [4.78, 5) is 17.2. The van der Waals surface area contributed by atoms with E-state index in [-0.39, 0.29) is 11.6 Å². The van der Waals surface area contributed by atoms with Crippen LogP contribution in [0.3, 0.4) is 0 Å². The van der Waals surface area contributed by atoms with Crippen LogP contribution in [0.25, 0.3) is 0 Å². The van der Waals surface area contributed by atoms with Crippen molar-refractivity contribution in [2.75, 3.05) is 18.5 Å². The van der Waals surface area contributed by atoms with Crippen LogP contribution in [0, 0.1) is 17.0 Å². The second-order valence-electron chi connectivity index (χ2n) is 3.48. The molecular weight excluding hydrogens is 269 g/mol. The first kappa shape index (κ1) is 14.9. The third kappa shape index (κ3) is 4.23. The van der Waals surface area contributed by atoms with Crippen molar-refractivity contribution in [2.24, 2.45) is 0 Å². The number of halogens is 3. The molecule has 0 saturated carbocycles. The van der Waals surface area contributed by atoms with Crippen LogP contribution in [0.5, 0.6) is 5.88 Å². The maximum Gasteiger partial charge on any atom is 0.422 e. The molecule has 0 aromatic carbocycles. The molecule has 7 nitrogen and oxygen atoms in total. The molecule has 0 aliphatic carbocycles. The van der Waals surface area contributed by atoms with Gasteiger partial charge in [0, 0.05) is 6.54 Å². The fraction of sp³-hybridized carbons (Fsp3) is 0.556. The SMILES string of the molecule is CCNc1nc(C)c([N+](=O)[O-])c(OCC(F)(F)F)n1. The van der Waals surface area contributed by atoms with Crippen molar-refractivity contribution >= 4 is 11.6 Å². The minimum Gasteiger partial charge on any atom is -0.463 e. The Hall–Kier alpha value is -2.13. The van der Waals surface area contributed by atoms with E-state index in [1.165, 1.54) is 6.92 Å². The molecule has 0 spiro atoms. The van der Waals surface area contributed by atoms with Gasteiger partial charge < -0.3 is 10.1 Å². The van der Waals surface area contributed by atoms with Crippen molar-refractivity contribution in [3.8, 4) is 5.88 Å². The Kier molecular flexibility index (Phi) is 4.46. The minimum absolute atomic E-state index is 0.0252. The average Bonchev–Trinajstić information content (AvgIpc) is 2.24. The number of rotatable bonds is 5. The fourth-order valence-electron chi connectivity index (χ4n) is 1.24. The van der Waals surface area contributed by atoms with Gasteiger partial charge in [0.25, 0.3) is 5.88 Å². The highest BCUT2D eigenvalue weighted by molar-refractivity contribution is 5.48. The molecule has 10 heteroatoms. The van der Waals surface area contributed by atoms with Crippen molar-refractivity contribution in [3.05, 3.63) is 15.8 Å². The summed E-state index contributed by atoms with van der Waals surface area (Å²) in [5.41, 5.74) is -0.751. The van der Waals surface area contributed by atoms with Crippen LogP contribution in [0.15, 0.2) is 0 Å². The highest BCUT2D eigenvalue weighted by Crippen LogP contribution is 2.30. The van der Waals surface area contributed by atoms with E-state index < -0.39 is 29.3 Å². The molecule has 0 unspecified atom stereocenters. The van der Waals surface area contributed by atoms with Gasteiger partial charge in [0.05, 0.1) is 4.92 Å². The highest BCUT2D eigenvalue weighted by Gasteiger charge is 2.32. The second kappa shape index (κ2) is 5.67. The smallest absolute Gasteiger partial charge is 0.422 e. The Morgan fingerprint density at radius 2 is 2.05 bits per heavy atom. The first-order valence-corrected chi connectivity index (χ1v) is 5.21. The lowest BCUT2D eigenvalue weighted by Crippen LogP contribution is -2.21. The number of nitrogens with zero attached hydrogens (tertiary/aromatic N) is 3. The summed E-state index contributed by atoms with van der Waals surface area (Å²) < 4.78 is 40.6. The zero-order valence-electron chi connectivity index (χ0n) is 10.1. The number of aromatic nitrogens is 2. The number of hydrogen-bond acceptors (Lipinski definition) is 6. The summed E-state index contributed by atoms with van der Waals surface area (Å²) in [6.07, 6.45) is -4.61. The summed E-state index contributed by atoms with van der Waals surface area (Å²) in [5.74, 6) is -0.728. The Morgan fingerprint density at radius 1 is 1.42 bits per heavy atom. The second-order valence-corrected chi connectivity index (χ2v) is 3.48. The zero-order chi connectivity index (χ0) is 14.6. The van der Waals surface area contributed by atoms with Crippen molar-refractivity contribution in [3.63, 3.8) is 0 Å². The average molecular weight is 280 g/mol. The van der Waals surface area contributed by atoms with Crippen LogP contribution < -0.4 is 10.1 Å². The van der Waals surface area contributed by atoms with Gasteiger partial charge in [-0.1, -0.05) is 0 Å². The number of anilines is 1. The largest absolute Gasteiger partial charge is 0.463 e. The van der Waals surface area contributed by atoms with E-state index in [0.29, 0.717) is 6.54 Å². The fourth-order valence-corrected chi connectivity index (χ4v) is 1.24. The molecule has 1 N–H and O–H groups in total. The monoisotopic (exact) mass is 280 g/mol. The third-order valence-electron chi connectivity index (χ3n) is 1.92. The van der Waals surface area contributed by atoms with Gasteiger partial charge >= 0.3 is 11.9 Å². The summed E-state index contributed by atoms with van der Waals surface area (Å²) in [7, 11) is 0. The molecule has 1 rings (SSSR count). The maximum atomic E-state index is 12.1. The Morgan fingerprint density at radius 3 is 2.53 bits per heavy atom. The summed E-state index contributed by atoms with van der Waals surface area (Å²) in [5, 5.41) is 13.4. The number of alkyl halides is 3. The quantitative estimate of drug-likeness (QED) is 0.656. The molecular formula is C9H11F3N4O3. The number of ether oxygens (including phenoxy) is 1. The van der Waals surface area contributed by atoms with Crippen LogP contribution in [0.4, 0.5) is 24.8 Å². The summed E-state index contributed by atoms with van der Waals surface area (Å²) in [6.45, 7) is 1.77. The first-order valence-electron chi connectivity index (χ1n) is 5.21. The van der Waals surface area contributed by atoms with Crippen molar-refractivity contribution in [1.29, 1.82) is 0 Å². The van der Waals surface area contributed by atoms with Gasteiger partial charge in [0.2, 0.25) is 5.95 Å². The Bertz CT molecular complexity index is 479. The lowest BCUT2D eigenvalue weighted by Gasteiger charge is -2.10. The molecule has 0 fully saturated rings. The third-order valence-corrected chi connectivity index (χ3v) is 1.92. The van der Waals surface area contributed by atoms with Crippen LogP contribution >= 0.6 is 0 Å². The number of nitrogens with one attached hydrogen (secondary N) is 1. The molecule has 0 aliphatic rings. The lowest BCUT2D eigenvalue weighted by atomic mass is 10.3. The Labute approximate surface area is 106 Å². The summed E-state index contributed by atoms with van der Waals surface area (Å²) >= 11 is 0. The van der Waals surface area contributed by atoms with E-state index in [9.17, 15) is 23.3 Å². The predicted octanol–water partition coefficient (Wildman–Crippen LogP) is 2.07. The van der Waals surface area contributed by atoms with Crippen LogP contribution in [0.2, 0.25) is 0 Å². The molecule has 0 bridgehead atoms. The molecule has 0 atom stereocenters. The summed E-state index contributed by atoms with van der Waals surface area (Å²) in [6, 6.07) is 0. The highest BCUT2D eigenvalue weighted by atomic mass is 19.4. The van der Waals surface area contributed by atoms with E-state index in [2.05, 4.69) is 20.0 Å². The van der Waals surface area contributed by atoms with Crippen LogP contribution in [0.1, 0.15) is 12.6 Å². The van der Waals surface area contributed by atoms with Crippen molar-refractivity contribution in [1.82, 2.24) is 9.97 Å². The molecule has 0 amide bonds. The van der Waals surface area contributed by atoms with Crippen LogP contribution in [-0.2, 0) is 0 Å². The normalized spacial score (nSPS) is 11.2. The number of aryl methyl sites for hydroxylation is 1. The zero-order valence-corrected chi connectivity index (χ0v) is 10.1. The lowest BCUT2D eigenvalue weighted by molar-refractivity contribution is -0.387. The molecule has 0 aliphatic heterocycles. The van der Waals surface area contributed by atoms with Gasteiger partial charge in [-0.2, -0.15) is 18.2 Å². The van der Waals surface area contributed by atoms with Gasteiger partial charge in [0.15, 0.2) is 6.61 Å². The molecule has 19 heavy (non-hydrogen) atoms.